The molecule has 2 atom stereocenters. The molecule has 208 valence electrons. The van der Waals surface area contributed by atoms with Crippen molar-refractivity contribution in [2.75, 3.05) is 25.6 Å². The zero-order chi connectivity index (χ0) is 28.5. The van der Waals surface area contributed by atoms with Crippen molar-refractivity contribution in [3.63, 3.8) is 0 Å². The van der Waals surface area contributed by atoms with E-state index in [4.69, 9.17) is 9.47 Å². The summed E-state index contributed by atoms with van der Waals surface area (Å²) in [5.74, 6) is -2.99. The number of hydrogen-bond donors (Lipinski definition) is 1. The summed E-state index contributed by atoms with van der Waals surface area (Å²) in [6.07, 6.45) is -5.58. The fraction of sp³-hybridized carbons (Fsp3) is 0.385. The molecule has 0 saturated carbocycles. The molecule has 2 aromatic rings. The van der Waals surface area contributed by atoms with Crippen LogP contribution in [0.4, 0.5) is 28.0 Å². The molecule has 0 bridgehead atoms. The van der Waals surface area contributed by atoms with E-state index in [2.05, 4.69) is 5.32 Å². The van der Waals surface area contributed by atoms with Crippen LogP contribution in [0, 0.1) is 5.82 Å². The third-order valence-corrected chi connectivity index (χ3v) is 6.74. The molecule has 1 spiro atoms. The third-order valence-electron chi connectivity index (χ3n) is 6.74. The number of halogens is 4. The van der Waals surface area contributed by atoms with Crippen molar-refractivity contribution in [2.24, 2.45) is 0 Å². The van der Waals surface area contributed by atoms with E-state index in [-0.39, 0.29) is 18.6 Å². The number of carbonyl (C=O) groups excluding carboxylic acids is 4. The largest absolute Gasteiger partial charge is 0.427 e. The molecular formula is C26H25F4N3O6. The number of carbonyl (C=O) groups is 4. The van der Waals surface area contributed by atoms with Gasteiger partial charge in [-0.3, -0.25) is 14.4 Å². The summed E-state index contributed by atoms with van der Waals surface area (Å²) in [6, 6.07) is 6.99. The molecule has 13 heteroatoms. The molecule has 39 heavy (non-hydrogen) atoms. The number of nitrogens with zero attached hydrogens (tertiary/aromatic N) is 2. The molecule has 1 aliphatic heterocycles. The number of amides is 4. The third kappa shape index (κ3) is 5.58. The summed E-state index contributed by atoms with van der Waals surface area (Å²) < 4.78 is 64.3. The van der Waals surface area contributed by atoms with Crippen LogP contribution in [0.25, 0.3) is 0 Å². The van der Waals surface area contributed by atoms with E-state index in [1.165, 1.54) is 31.4 Å². The van der Waals surface area contributed by atoms with E-state index < -0.39 is 60.5 Å². The summed E-state index contributed by atoms with van der Waals surface area (Å²) in [4.78, 5) is 52.1. The number of aryl methyl sites for hydroxylation is 1. The Morgan fingerprint density at radius 2 is 1.87 bits per heavy atom. The maximum absolute atomic E-state index is 13.6. The average Bonchev–Trinajstić information content (AvgIpc) is 3.34. The van der Waals surface area contributed by atoms with Crippen molar-refractivity contribution in [3.8, 4) is 0 Å². The number of hydrogen-bond acceptors (Lipinski definition) is 6. The first-order valence-corrected chi connectivity index (χ1v) is 11.9. The van der Waals surface area contributed by atoms with E-state index in [1.807, 2.05) is 0 Å². The topological polar surface area (TPSA) is 105 Å². The Kier molecular flexibility index (Phi) is 7.64. The summed E-state index contributed by atoms with van der Waals surface area (Å²) in [7, 11) is 1.37. The van der Waals surface area contributed by atoms with Crippen LogP contribution in [0.1, 0.15) is 30.0 Å². The fourth-order valence-corrected chi connectivity index (χ4v) is 4.69. The van der Waals surface area contributed by atoms with Crippen LogP contribution in [0.15, 0.2) is 42.5 Å². The Bertz CT molecular complexity index is 1300. The second-order valence-electron chi connectivity index (χ2n) is 9.31. The highest BCUT2D eigenvalue weighted by atomic mass is 19.4. The van der Waals surface area contributed by atoms with Gasteiger partial charge in [-0.1, -0.05) is 18.2 Å². The maximum Gasteiger partial charge on any atom is 0.418 e. The lowest BCUT2D eigenvalue weighted by Gasteiger charge is -2.31. The van der Waals surface area contributed by atoms with E-state index in [9.17, 15) is 36.7 Å². The van der Waals surface area contributed by atoms with Crippen molar-refractivity contribution < 1.29 is 46.2 Å². The monoisotopic (exact) mass is 551 g/mol. The number of imide groups is 1. The van der Waals surface area contributed by atoms with E-state index >= 15 is 0 Å². The number of fused-ring (bicyclic) bond motifs is 2. The molecule has 4 rings (SSSR count). The number of alkyl halides is 3. The quantitative estimate of drug-likeness (QED) is 0.504. The van der Waals surface area contributed by atoms with Crippen molar-refractivity contribution in [2.45, 2.75) is 44.1 Å². The van der Waals surface area contributed by atoms with Gasteiger partial charge in [0.15, 0.2) is 0 Å². The normalized spacial score (nSPS) is 19.2. The minimum Gasteiger partial charge on any atom is -0.427 e. The van der Waals surface area contributed by atoms with Gasteiger partial charge in [0.05, 0.1) is 0 Å². The molecule has 0 unspecified atom stereocenters. The van der Waals surface area contributed by atoms with Gasteiger partial charge in [-0.25, -0.2) is 14.1 Å². The van der Waals surface area contributed by atoms with E-state index in [0.29, 0.717) is 33.0 Å². The molecular weight excluding hydrogens is 526 g/mol. The fourth-order valence-electron chi connectivity index (χ4n) is 4.69. The van der Waals surface area contributed by atoms with Crippen molar-refractivity contribution in [1.82, 2.24) is 9.80 Å². The van der Waals surface area contributed by atoms with Gasteiger partial charge in [0.1, 0.15) is 25.0 Å². The zero-order valence-electron chi connectivity index (χ0n) is 21.0. The second kappa shape index (κ2) is 10.6. The number of ether oxygens (including phenoxy) is 2. The van der Waals surface area contributed by atoms with Crippen molar-refractivity contribution >= 4 is 29.5 Å². The lowest BCUT2D eigenvalue weighted by molar-refractivity contribution is -0.187. The zero-order valence-corrected chi connectivity index (χ0v) is 21.0. The molecule has 2 aliphatic rings. The Morgan fingerprint density at radius 1 is 1.18 bits per heavy atom. The Labute approximate surface area is 220 Å². The summed E-state index contributed by atoms with van der Waals surface area (Å²) >= 11 is 0. The Morgan fingerprint density at radius 3 is 2.51 bits per heavy atom. The molecule has 1 N–H and O–H groups in total. The number of benzene rings is 2. The molecule has 0 radical (unpaired) electrons. The number of anilines is 1. The molecule has 2 aromatic carbocycles. The van der Waals surface area contributed by atoms with E-state index in [1.54, 1.807) is 6.07 Å². The van der Waals surface area contributed by atoms with Crippen LogP contribution >= 0.6 is 0 Å². The van der Waals surface area contributed by atoms with Gasteiger partial charge in [-0.15, -0.1) is 0 Å². The molecule has 4 amide bonds. The molecule has 1 aliphatic carbocycles. The first-order chi connectivity index (χ1) is 18.4. The minimum absolute atomic E-state index is 0.0608. The SMILES string of the molecule is COCC(=O)Nc1ccc2c(c1)CC[C@@]21OC(=O)N(CC(=O)N(Cc2ccc(F)cc2)[C@@H](C)C(F)(F)F)C1=O. The summed E-state index contributed by atoms with van der Waals surface area (Å²) in [5, 5.41) is 2.63. The lowest BCUT2D eigenvalue weighted by atomic mass is 9.94. The first kappa shape index (κ1) is 28.0. The summed E-state index contributed by atoms with van der Waals surface area (Å²) in [5.41, 5.74) is -0.0605. The van der Waals surface area contributed by atoms with Crippen molar-refractivity contribution in [1.29, 1.82) is 0 Å². The predicted molar refractivity (Wildman–Crippen MR) is 128 cm³/mol. The molecule has 1 heterocycles. The van der Waals surface area contributed by atoms with Crippen LogP contribution in [0.3, 0.4) is 0 Å². The smallest absolute Gasteiger partial charge is 0.418 e. The van der Waals surface area contributed by atoms with Gasteiger partial charge in [-0.2, -0.15) is 13.2 Å². The standard InChI is InChI=1S/C26H25F4N3O6/c1-15(26(28,29)30)32(12-16-3-5-18(27)6-4-16)22(35)13-33-23(36)25(39-24(33)37)10-9-17-11-19(7-8-20(17)25)31-21(34)14-38-2/h3-8,11,15H,9-10,12-14H2,1-2H3,(H,31,34)/t15-,25+/m0/s1. The first-order valence-electron chi connectivity index (χ1n) is 11.9. The van der Waals surface area contributed by atoms with Crippen LogP contribution < -0.4 is 5.32 Å². The molecule has 0 aromatic heterocycles. The molecule has 1 saturated heterocycles. The summed E-state index contributed by atoms with van der Waals surface area (Å²) in [6.45, 7) is -0.877. The second-order valence-corrected chi connectivity index (χ2v) is 9.31. The number of nitrogens with one attached hydrogen (secondary N) is 1. The lowest BCUT2D eigenvalue weighted by Crippen LogP contribution is -2.51. The maximum atomic E-state index is 13.6. The Hall–Kier alpha value is -4.00. The van der Waals surface area contributed by atoms with Crippen LogP contribution in [-0.2, 0) is 42.4 Å². The number of methoxy groups -OCH3 is 1. The van der Waals surface area contributed by atoms with Gasteiger partial charge in [0.25, 0.3) is 5.91 Å². The van der Waals surface area contributed by atoms with E-state index in [0.717, 1.165) is 19.1 Å². The van der Waals surface area contributed by atoms with Crippen LogP contribution in [0.2, 0.25) is 0 Å². The highest BCUT2D eigenvalue weighted by molar-refractivity contribution is 6.06. The van der Waals surface area contributed by atoms with Gasteiger partial charge in [0, 0.05) is 31.3 Å². The van der Waals surface area contributed by atoms with Gasteiger partial charge < -0.3 is 19.7 Å². The minimum atomic E-state index is -4.80. The number of rotatable bonds is 8. The average molecular weight is 551 g/mol. The van der Waals surface area contributed by atoms with Gasteiger partial charge in [0.2, 0.25) is 17.4 Å². The Balaban J connectivity index is 1.55. The van der Waals surface area contributed by atoms with Crippen molar-refractivity contribution in [3.05, 3.63) is 65.0 Å². The highest BCUT2D eigenvalue weighted by Crippen LogP contribution is 2.46. The predicted octanol–water partition coefficient (Wildman–Crippen LogP) is 3.51. The molecule has 9 nitrogen and oxygen atoms in total. The van der Waals surface area contributed by atoms with Crippen LogP contribution in [0.5, 0.6) is 0 Å². The molecule has 1 fully saturated rings. The van der Waals surface area contributed by atoms with Gasteiger partial charge >= 0.3 is 12.3 Å². The van der Waals surface area contributed by atoms with Gasteiger partial charge in [-0.05, 0) is 48.7 Å². The highest BCUT2D eigenvalue weighted by Gasteiger charge is 2.58. The van der Waals surface area contributed by atoms with Crippen LogP contribution in [-0.4, -0.2) is 66.1 Å².